The highest BCUT2D eigenvalue weighted by Gasteiger charge is 2.07. The standard InChI is InChI=1S/C15H19ClO/c1-3-4-13(16)6-7-14-10-12-9-11(2)5-8-15(12)17-14/h5,8-10,13H,3-4,6-7H2,1-2H3. The summed E-state index contributed by atoms with van der Waals surface area (Å²) in [6.45, 7) is 4.27. The molecule has 1 aromatic heterocycles. The highest BCUT2D eigenvalue weighted by Crippen LogP contribution is 2.23. The molecule has 0 spiro atoms. The van der Waals surface area contributed by atoms with E-state index in [1.165, 1.54) is 10.9 Å². The van der Waals surface area contributed by atoms with Crippen molar-refractivity contribution in [1.29, 1.82) is 0 Å². The molecule has 0 saturated carbocycles. The van der Waals surface area contributed by atoms with Gasteiger partial charge in [0.25, 0.3) is 0 Å². The van der Waals surface area contributed by atoms with E-state index in [0.29, 0.717) is 0 Å². The number of hydrogen-bond acceptors (Lipinski definition) is 1. The molecule has 0 fully saturated rings. The van der Waals surface area contributed by atoms with Crippen LogP contribution in [-0.4, -0.2) is 5.38 Å². The third kappa shape index (κ3) is 3.26. The molecule has 2 heteroatoms. The molecule has 0 bridgehead atoms. The fraction of sp³-hybridized carbons (Fsp3) is 0.467. The van der Waals surface area contributed by atoms with Crippen molar-refractivity contribution in [2.75, 3.05) is 0 Å². The third-order valence-electron chi connectivity index (χ3n) is 3.03. The van der Waals surface area contributed by atoms with Crippen LogP contribution >= 0.6 is 11.6 Å². The van der Waals surface area contributed by atoms with Gasteiger partial charge in [-0.15, -0.1) is 11.6 Å². The first-order chi connectivity index (χ1) is 8.19. The fourth-order valence-electron chi connectivity index (χ4n) is 2.10. The lowest BCUT2D eigenvalue weighted by Gasteiger charge is -2.05. The molecule has 1 aromatic carbocycles. The average molecular weight is 251 g/mol. The van der Waals surface area contributed by atoms with E-state index in [1.807, 2.05) is 6.07 Å². The normalized spacial score (nSPS) is 13.1. The molecule has 0 saturated heterocycles. The van der Waals surface area contributed by atoms with E-state index >= 15 is 0 Å². The second kappa shape index (κ2) is 5.59. The number of fused-ring (bicyclic) bond motifs is 1. The molecule has 1 unspecified atom stereocenters. The molecule has 1 nitrogen and oxygen atoms in total. The lowest BCUT2D eigenvalue weighted by molar-refractivity contribution is 0.529. The highest BCUT2D eigenvalue weighted by atomic mass is 35.5. The zero-order chi connectivity index (χ0) is 12.3. The van der Waals surface area contributed by atoms with E-state index in [9.17, 15) is 0 Å². The maximum Gasteiger partial charge on any atom is 0.134 e. The summed E-state index contributed by atoms with van der Waals surface area (Å²) in [6, 6.07) is 8.42. The van der Waals surface area contributed by atoms with Gasteiger partial charge in [-0.25, -0.2) is 0 Å². The number of rotatable bonds is 5. The maximum atomic E-state index is 6.21. The molecule has 92 valence electrons. The van der Waals surface area contributed by atoms with Crippen LogP contribution in [0.1, 0.15) is 37.5 Å². The van der Waals surface area contributed by atoms with E-state index in [4.69, 9.17) is 16.0 Å². The number of furan rings is 1. The van der Waals surface area contributed by atoms with E-state index < -0.39 is 0 Å². The fourth-order valence-corrected chi connectivity index (χ4v) is 2.42. The Morgan fingerprint density at radius 2 is 2.06 bits per heavy atom. The van der Waals surface area contributed by atoms with Crippen LogP contribution in [0.4, 0.5) is 0 Å². The van der Waals surface area contributed by atoms with Gasteiger partial charge in [0.15, 0.2) is 0 Å². The van der Waals surface area contributed by atoms with Crippen molar-refractivity contribution in [3.8, 4) is 0 Å². The van der Waals surface area contributed by atoms with Crippen LogP contribution in [0.2, 0.25) is 0 Å². The van der Waals surface area contributed by atoms with Gasteiger partial charge in [0, 0.05) is 17.2 Å². The molecule has 2 aromatic rings. The van der Waals surface area contributed by atoms with E-state index in [0.717, 1.165) is 37.0 Å². The molecule has 0 aliphatic rings. The van der Waals surface area contributed by atoms with Gasteiger partial charge in [-0.1, -0.05) is 25.0 Å². The van der Waals surface area contributed by atoms with Gasteiger partial charge in [0.2, 0.25) is 0 Å². The number of benzene rings is 1. The molecule has 1 heterocycles. The molecule has 0 N–H and O–H groups in total. The van der Waals surface area contributed by atoms with Gasteiger partial charge in [-0.05, 0) is 38.0 Å². The second-order valence-electron chi connectivity index (χ2n) is 4.68. The van der Waals surface area contributed by atoms with Crippen LogP contribution < -0.4 is 0 Å². The summed E-state index contributed by atoms with van der Waals surface area (Å²) >= 11 is 6.21. The van der Waals surface area contributed by atoms with E-state index in [1.54, 1.807) is 0 Å². The van der Waals surface area contributed by atoms with Gasteiger partial charge in [-0.3, -0.25) is 0 Å². The minimum atomic E-state index is 0.273. The Morgan fingerprint density at radius 1 is 1.24 bits per heavy atom. The Morgan fingerprint density at radius 3 is 2.82 bits per heavy atom. The van der Waals surface area contributed by atoms with Gasteiger partial charge >= 0.3 is 0 Å². The monoisotopic (exact) mass is 250 g/mol. The molecular formula is C15H19ClO. The van der Waals surface area contributed by atoms with Gasteiger partial charge in [0.05, 0.1) is 0 Å². The summed E-state index contributed by atoms with van der Waals surface area (Å²) in [4.78, 5) is 0. The molecule has 2 rings (SSSR count). The average Bonchev–Trinajstić information content (AvgIpc) is 2.68. The molecule has 0 amide bonds. The van der Waals surface area contributed by atoms with E-state index in [2.05, 4.69) is 32.0 Å². The molecule has 17 heavy (non-hydrogen) atoms. The third-order valence-corrected chi connectivity index (χ3v) is 3.47. The molecule has 0 radical (unpaired) electrons. The zero-order valence-corrected chi connectivity index (χ0v) is 11.3. The largest absolute Gasteiger partial charge is 0.461 e. The molecule has 0 aliphatic heterocycles. The van der Waals surface area contributed by atoms with Crippen molar-refractivity contribution in [3.05, 3.63) is 35.6 Å². The first-order valence-corrected chi connectivity index (χ1v) is 6.76. The van der Waals surface area contributed by atoms with Crippen LogP contribution in [0, 0.1) is 6.92 Å². The predicted molar refractivity (Wildman–Crippen MR) is 73.8 cm³/mol. The lowest BCUT2D eigenvalue weighted by atomic mass is 10.1. The number of hydrogen-bond donors (Lipinski definition) is 0. The maximum absolute atomic E-state index is 6.21. The lowest BCUT2D eigenvalue weighted by Crippen LogP contribution is -1.99. The van der Waals surface area contributed by atoms with Crippen LogP contribution in [0.15, 0.2) is 28.7 Å². The smallest absolute Gasteiger partial charge is 0.134 e. The van der Waals surface area contributed by atoms with Gasteiger partial charge in [0.1, 0.15) is 11.3 Å². The van der Waals surface area contributed by atoms with Crippen molar-refractivity contribution in [2.45, 2.75) is 44.9 Å². The highest BCUT2D eigenvalue weighted by molar-refractivity contribution is 6.20. The Hall–Kier alpha value is -0.950. The minimum absolute atomic E-state index is 0.273. The quantitative estimate of drug-likeness (QED) is 0.675. The molecular weight excluding hydrogens is 232 g/mol. The number of alkyl halides is 1. The van der Waals surface area contributed by atoms with E-state index in [-0.39, 0.29) is 5.38 Å². The van der Waals surface area contributed by atoms with Crippen LogP contribution in [0.3, 0.4) is 0 Å². The number of aryl methyl sites for hydroxylation is 2. The first-order valence-electron chi connectivity index (χ1n) is 6.32. The number of halogens is 1. The van der Waals surface area contributed by atoms with Crippen molar-refractivity contribution >= 4 is 22.6 Å². The molecule has 0 aliphatic carbocycles. The van der Waals surface area contributed by atoms with Crippen LogP contribution in [0.5, 0.6) is 0 Å². The van der Waals surface area contributed by atoms with Crippen molar-refractivity contribution in [1.82, 2.24) is 0 Å². The molecule has 1 atom stereocenters. The first kappa shape index (κ1) is 12.5. The minimum Gasteiger partial charge on any atom is -0.461 e. The Bertz CT molecular complexity index is 487. The Balaban J connectivity index is 2.04. The van der Waals surface area contributed by atoms with Gasteiger partial charge in [-0.2, -0.15) is 0 Å². The Kier molecular flexibility index (Phi) is 4.11. The summed E-state index contributed by atoms with van der Waals surface area (Å²) < 4.78 is 5.79. The van der Waals surface area contributed by atoms with Crippen molar-refractivity contribution < 1.29 is 4.42 Å². The Labute approximate surface area is 108 Å². The van der Waals surface area contributed by atoms with Crippen molar-refractivity contribution in [3.63, 3.8) is 0 Å². The summed E-state index contributed by atoms with van der Waals surface area (Å²) in [5.41, 5.74) is 2.25. The summed E-state index contributed by atoms with van der Waals surface area (Å²) in [7, 11) is 0. The topological polar surface area (TPSA) is 13.1 Å². The van der Waals surface area contributed by atoms with Gasteiger partial charge < -0.3 is 4.42 Å². The second-order valence-corrected chi connectivity index (χ2v) is 5.30. The summed E-state index contributed by atoms with van der Waals surface area (Å²) in [5, 5.41) is 1.47. The predicted octanol–water partition coefficient (Wildman–Crippen LogP) is 5.08. The summed E-state index contributed by atoms with van der Waals surface area (Å²) in [5.74, 6) is 1.05. The zero-order valence-electron chi connectivity index (χ0n) is 10.5. The van der Waals surface area contributed by atoms with Crippen molar-refractivity contribution in [2.24, 2.45) is 0 Å². The SMILES string of the molecule is CCCC(Cl)CCc1cc2cc(C)ccc2o1. The van der Waals surface area contributed by atoms with Crippen LogP contribution in [-0.2, 0) is 6.42 Å². The van der Waals surface area contributed by atoms with Crippen LogP contribution in [0.25, 0.3) is 11.0 Å². The summed E-state index contributed by atoms with van der Waals surface area (Å²) in [6.07, 6.45) is 4.16.